The Labute approximate surface area is 120 Å². The first-order chi connectivity index (χ1) is 9.37. The highest BCUT2D eigenvalue weighted by Gasteiger charge is 2.50. The van der Waals surface area contributed by atoms with Crippen LogP contribution in [-0.2, 0) is 14.0 Å². The predicted molar refractivity (Wildman–Crippen MR) is 76.9 cm³/mol. The molecule has 5 nitrogen and oxygen atoms in total. The molecule has 3 heterocycles. The highest BCUT2D eigenvalue weighted by molar-refractivity contribution is 6.52. The molecule has 0 radical (unpaired) electrons. The van der Waals surface area contributed by atoms with Crippen molar-refractivity contribution in [2.75, 3.05) is 6.61 Å². The molecule has 2 aliphatic heterocycles. The van der Waals surface area contributed by atoms with Crippen molar-refractivity contribution in [1.82, 2.24) is 9.78 Å². The maximum Gasteiger partial charge on any atom is 0.487 e. The number of ether oxygens (including phenoxy) is 1. The molecule has 0 N–H and O–H groups in total. The van der Waals surface area contributed by atoms with Crippen LogP contribution in [-0.4, -0.2) is 34.7 Å². The number of hydrogen-bond donors (Lipinski definition) is 0. The number of aromatic nitrogens is 2. The van der Waals surface area contributed by atoms with Crippen LogP contribution >= 0.6 is 0 Å². The van der Waals surface area contributed by atoms with Crippen LogP contribution in [0.4, 0.5) is 0 Å². The summed E-state index contributed by atoms with van der Waals surface area (Å²) in [6.07, 6.45) is 5.00. The molecular formula is C14H21BN2O3. The fraction of sp³-hybridized carbons (Fsp3) is 0.643. The third-order valence-corrected chi connectivity index (χ3v) is 4.29. The Morgan fingerprint density at radius 1 is 1.30 bits per heavy atom. The van der Waals surface area contributed by atoms with E-state index in [9.17, 15) is 0 Å². The van der Waals surface area contributed by atoms with Crippen LogP contribution < -0.4 is 0 Å². The Hall–Kier alpha value is -1.11. The molecule has 20 heavy (non-hydrogen) atoms. The highest BCUT2D eigenvalue weighted by Crippen LogP contribution is 2.37. The van der Waals surface area contributed by atoms with Crippen molar-refractivity contribution in [3.63, 3.8) is 0 Å². The quantitative estimate of drug-likeness (QED) is 0.795. The Balaban J connectivity index is 1.64. The lowest BCUT2D eigenvalue weighted by Crippen LogP contribution is -2.41. The molecule has 0 aliphatic carbocycles. The van der Waals surface area contributed by atoms with Crippen LogP contribution in [0.5, 0.6) is 0 Å². The number of nitrogens with zero attached hydrogens (tertiary/aromatic N) is 2. The molecule has 0 amide bonds. The second kappa shape index (κ2) is 4.72. The molecule has 2 aliphatic rings. The van der Waals surface area contributed by atoms with Crippen molar-refractivity contribution in [2.24, 2.45) is 0 Å². The molecule has 2 fully saturated rings. The minimum absolute atomic E-state index is 0.106. The molecule has 1 atom stereocenters. The Morgan fingerprint density at radius 2 is 1.95 bits per heavy atom. The van der Waals surface area contributed by atoms with E-state index in [1.165, 1.54) is 0 Å². The maximum atomic E-state index is 5.90. The summed E-state index contributed by atoms with van der Waals surface area (Å²) in [5.41, 5.74) is 0.276. The Morgan fingerprint density at radius 3 is 2.50 bits per heavy atom. The standard InChI is InChI=1S/C14H21BN2O3/c1-13(2)14(3,4)20-15(19-13)8-5-11-6-9-17(16-11)12-7-10-18-12/h5-6,8-9,12H,7,10H2,1-4H3/b8-5+. The van der Waals surface area contributed by atoms with Gasteiger partial charge in [-0.2, -0.15) is 5.10 Å². The summed E-state index contributed by atoms with van der Waals surface area (Å²) < 4.78 is 19.1. The van der Waals surface area contributed by atoms with Gasteiger partial charge in [0, 0.05) is 12.6 Å². The fourth-order valence-corrected chi connectivity index (χ4v) is 2.18. The van der Waals surface area contributed by atoms with E-state index in [1.54, 1.807) is 0 Å². The minimum atomic E-state index is -0.329. The van der Waals surface area contributed by atoms with E-state index in [4.69, 9.17) is 14.0 Å². The lowest BCUT2D eigenvalue weighted by atomic mass is 9.90. The summed E-state index contributed by atoms with van der Waals surface area (Å²) in [5.74, 6) is 1.91. The second-order valence-corrected chi connectivity index (χ2v) is 6.32. The number of hydrogen-bond acceptors (Lipinski definition) is 4. The second-order valence-electron chi connectivity index (χ2n) is 6.32. The molecule has 0 bridgehead atoms. The fourth-order valence-electron chi connectivity index (χ4n) is 2.18. The van der Waals surface area contributed by atoms with Gasteiger partial charge in [-0.15, -0.1) is 0 Å². The molecule has 1 aromatic rings. The van der Waals surface area contributed by atoms with E-state index in [-0.39, 0.29) is 24.5 Å². The van der Waals surface area contributed by atoms with Crippen molar-refractivity contribution < 1.29 is 14.0 Å². The van der Waals surface area contributed by atoms with Crippen molar-refractivity contribution in [3.05, 3.63) is 23.9 Å². The summed E-state index contributed by atoms with van der Waals surface area (Å²) in [7, 11) is -0.329. The zero-order valence-corrected chi connectivity index (χ0v) is 12.5. The first-order valence-corrected chi connectivity index (χ1v) is 7.08. The van der Waals surface area contributed by atoms with E-state index >= 15 is 0 Å². The minimum Gasteiger partial charge on any atom is -0.400 e. The lowest BCUT2D eigenvalue weighted by molar-refractivity contribution is -0.106. The molecule has 2 saturated heterocycles. The zero-order valence-electron chi connectivity index (χ0n) is 12.5. The third kappa shape index (κ3) is 2.43. The van der Waals surface area contributed by atoms with Crippen LogP contribution in [0.25, 0.3) is 6.08 Å². The maximum absolute atomic E-state index is 5.90. The van der Waals surface area contributed by atoms with E-state index in [2.05, 4.69) is 5.10 Å². The van der Waals surface area contributed by atoms with Crippen LogP contribution in [0.3, 0.4) is 0 Å². The van der Waals surface area contributed by atoms with Crippen molar-refractivity contribution >= 4 is 13.2 Å². The molecule has 0 aromatic carbocycles. The molecule has 0 spiro atoms. The van der Waals surface area contributed by atoms with E-state index < -0.39 is 0 Å². The van der Waals surface area contributed by atoms with Gasteiger partial charge in [0.05, 0.1) is 23.5 Å². The first-order valence-electron chi connectivity index (χ1n) is 7.08. The summed E-state index contributed by atoms with van der Waals surface area (Å²) in [6.45, 7) is 9.00. The van der Waals surface area contributed by atoms with Crippen LogP contribution in [0.15, 0.2) is 18.2 Å². The zero-order chi connectivity index (χ0) is 14.4. The van der Waals surface area contributed by atoms with Gasteiger partial charge < -0.3 is 14.0 Å². The van der Waals surface area contributed by atoms with Gasteiger partial charge in [-0.3, -0.25) is 0 Å². The number of rotatable bonds is 3. The SMILES string of the molecule is CC1(C)OB(/C=C/c2ccn(C3CCO3)n2)OC1(C)C. The van der Waals surface area contributed by atoms with Crippen LogP contribution in [0.2, 0.25) is 0 Å². The monoisotopic (exact) mass is 276 g/mol. The summed E-state index contributed by atoms with van der Waals surface area (Å²) in [6, 6.07) is 1.96. The van der Waals surface area contributed by atoms with E-state index in [0.717, 1.165) is 18.7 Å². The Kier molecular flexibility index (Phi) is 3.27. The molecule has 1 unspecified atom stereocenters. The predicted octanol–water partition coefficient (Wildman–Crippen LogP) is 2.45. The van der Waals surface area contributed by atoms with Gasteiger partial charge in [-0.05, 0) is 39.8 Å². The normalized spacial score (nSPS) is 28.0. The van der Waals surface area contributed by atoms with Crippen LogP contribution in [0, 0.1) is 0 Å². The van der Waals surface area contributed by atoms with Gasteiger partial charge in [0.15, 0.2) is 6.23 Å². The average molecular weight is 276 g/mol. The van der Waals surface area contributed by atoms with E-state index in [0.29, 0.717) is 0 Å². The molecule has 1 aromatic heterocycles. The third-order valence-electron chi connectivity index (χ3n) is 4.29. The smallest absolute Gasteiger partial charge is 0.400 e. The largest absolute Gasteiger partial charge is 0.487 e. The van der Waals surface area contributed by atoms with Gasteiger partial charge in [0.1, 0.15) is 0 Å². The van der Waals surface area contributed by atoms with Gasteiger partial charge in [-0.1, -0.05) is 5.98 Å². The van der Waals surface area contributed by atoms with Gasteiger partial charge in [-0.25, -0.2) is 4.68 Å². The van der Waals surface area contributed by atoms with Crippen molar-refractivity contribution in [1.29, 1.82) is 0 Å². The van der Waals surface area contributed by atoms with Crippen molar-refractivity contribution in [2.45, 2.75) is 51.5 Å². The molecule has 6 heteroatoms. The lowest BCUT2D eigenvalue weighted by Gasteiger charge is -2.32. The molecule has 0 saturated carbocycles. The molecular weight excluding hydrogens is 255 g/mol. The summed E-state index contributed by atoms with van der Waals surface area (Å²) >= 11 is 0. The average Bonchev–Trinajstić information content (AvgIpc) is 2.78. The summed E-state index contributed by atoms with van der Waals surface area (Å²) in [5, 5.41) is 4.46. The van der Waals surface area contributed by atoms with Gasteiger partial charge in [0.25, 0.3) is 0 Å². The summed E-state index contributed by atoms with van der Waals surface area (Å²) in [4.78, 5) is 0. The topological polar surface area (TPSA) is 45.5 Å². The molecule has 108 valence electrons. The Bertz CT molecular complexity index is 504. The van der Waals surface area contributed by atoms with Crippen molar-refractivity contribution in [3.8, 4) is 0 Å². The van der Waals surface area contributed by atoms with E-state index in [1.807, 2.05) is 56.7 Å². The molecule has 3 rings (SSSR count). The van der Waals surface area contributed by atoms with Gasteiger partial charge >= 0.3 is 7.12 Å². The van der Waals surface area contributed by atoms with Gasteiger partial charge in [0.2, 0.25) is 0 Å². The first kappa shape index (κ1) is 13.9. The van der Waals surface area contributed by atoms with Crippen LogP contribution in [0.1, 0.15) is 46.0 Å². The highest BCUT2D eigenvalue weighted by atomic mass is 16.7.